The predicted octanol–water partition coefficient (Wildman–Crippen LogP) is 6.45. The SMILES string of the molecule is CC(C)Cc1cccc(CN(Cc2ccccc2)[C@@H](CCc2ccccc2)CN(C)C)c1. The summed E-state index contributed by atoms with van der Waals surface area (Å²) in [6, 6.07) is 31.6. The monoisotopic (exact) mass is 428 g/mol. The Morgan fingerprint density at radius 3 is 1.84 bits per heavy atom. The highest BCUT2D eigenvalue weighted by molar-refractivity contribution is 5.24. The van der Waals surface area contributed by atoms with Gasteiger partial charge in [0.2, 0.25) is 0 Å². The molecule has 0 radical (unpaired) electrons. The second-order valence-electron chi connectivity index (χ2n) is 9.75. The number of nitrogens with zero attached hydrogens (tertiary/aromatic N) is 2. The van der Waals surface area contributed by atoms with Crippen molar-refractivity contribution in [3.63, 3.8) is 0 Å². The Balaban J connectivity index is 1.82. The highest BCUT2D eigenvalue weighted by Crippen LogP contribution is 2.20. The summed E-state index contributed by atoms with van der Waals surface area (Å²) < 4.78 is 0. The Labute approximate surface area is 195 Å². The summed E-state index contributed by atoms with van der Waals surface area (Å²) in [5.74, 6) is 0.679. The lowest BCUT2D eigenvalue weighted by Crippen LogP contribution is -2.41. The maximum Gasteiger partial charge on any atom is 0.0240 e. The van der Waals surface area contributed by atoms with Gasteiger partial charge in [0.15, 0.2) is 0 Å². The van der Waals surface area contributed by atoms with Gasteiger partial charge in [-0.2, -0.15) is 0 Å². The van der Waals surface area contributed by atoms with Crippen molar-refractivity contribution in [1.82, 2.24) is 9.80 Å². The number of aryl methyl sites for hydroxylation is 1. The van der Waals surface area contributed by atoms with Crippen molar-refractivity contribution in [3.8, 4) is 0 Å². The fraction of sp³-hybridized carbons (Fsp3) is 0.400. The van der Waals surface area contributed by atoms with Crippen LogP contribution >= 0.6 is 0 Å². The molecule has 32 heavy (non-hydrogen) atoms. The van der Waals surface area contributed by atoms with Gasteiger partial charge in [-0.3, -0.25) is 4.90 Å². The molecule has 0 aromatic heterocycles. The summed E-state index contributed by atoms with van der Waals surface area (Å²) in [7, 11) is 4.39. The van der Waals surface area contributed by atoms with Crippen LogP contribution in [-0.4, -0.2) is 36.5 Å². The second-order valence-corrected chi connectivity index (χ2v) is 9.75. The van der Waals surface area contributed by atoms with Gasteiger partial charge in [0.05, 0.1) is 0 Å². The fourth-order valence-electron chi connectivity index (χ4n) is 4.48. The lowest BCUT2D eigenvalue weighted by atomic mass is 9.99. The average Bonchev–Trinajstić information content (AvgIpc) is 2.77. The number of hydrogen-bond acceptors (Lipinski definition) is 2. The van der Waals surface area contributed by atoms with Gasteiger partial charge in [0.25, 0.3) is 0 Å². The minimum Gasteiger partial charge on any atom is -0.308 e. The number of benzene rings is 3. The standard InChI is InChI=1S/C30H40N2/c1-25(2)20-28-16-11-17-29(21-28)23-32(22-27-14-9-6-10-15-27)30(24-31(3)4)19-18-26-12-7-5-8-13-26/h5-17,21,25,30H,18-20,22-24H2,1-4H3/t30-/m0/s1. The number of rotatable bonds is 12. The Kier molecular flexibility index (Phi) is 9.52. The molecule has 0 aliphatic heterocycles. The summed E-state index contributed by atoms with van der Waals surface area (Å²) in [6.07, 6.45) is 3.40. The second kappa shape index (κ2) is 12.6. The maximum absolute atomic E-state index is 2.69. The van der Waals surface area contributed by atoms with Gasteiger partial charge in [0.1, 0.15) is 0 Å². The molecule has 0 amide bonds. The van der Waals surface area contributed by atoms with E-state index in [1.807, 2.05) is 0 Å². The quantitative estimate of drug-likeness (QED) is 0.327. The third kappa shape index (κ3) is 8.26. The fourth-order valence-corrected chi connectivity index (χ4v) is 4.48. The van der Waals surface area contributed by atoms with Crippen molar-refractivity contribution in [2.45, 2.75) is 52.2 Å². The van der Waals surface area contributed by atoms with Gasteiger partial charge >= 0.3 is 0 Å². The van der Waals surface area contributed by atoms with Gasteiger partial charge in [-0.05, 0) is 61.5 Å². The molecule has 0 spiro atoms. The minimum absolute atomic E-state index is 0.485. The van der Waals surface area contributed by atoms with Crippen LogP contribution < -0.4 is 0 Å². The first-order valence-electron chi connectivity index (χ1n) is 12.0. The molecule has 170 valence electrons. The van der Waals surface area contributed by atoms with Crippen LogP contribution in [0.25, 0.3) is 0 Å². The van der Waals surface area contributed by atoms with Crippen LogP contribution in [-0.2, 0) is 25.9 Å². The van der Waals surface area contributed by atoms with Crippen LogP contribution in [0.3, 0.4) is 0 Å². The van der Waals surface area contributed by atoms with E-state index in [-0.39, 0.29) is 0 Å². The van der Waals surface area contributed by atoms with E-state index in [9.17, 15) is 0 Å². The van der Waals surface area contributed by atoms with Crippen molar-refractivity contribution in [2.24, 2.45) is 5.92 Å². The molecule has 0 aliphatic rings. The Bertz CT molecular complexity index is 902. The van der Waals surface area contributed by atoms with E-state index < -0.39 is 0 Å². The van der Waals surface area contributed by atoms with E-state index in [4.69, 9.17) is 0 Å². The Morgan fingerprint density at radius 2 is 1.22 bits per heavy atom. The van der Waals surface area contributed by atoms with E-state index >= 15 is 0 Å². The third-order valence-electron chi connectivity index (χ3n) is 5.95. The van der Waals surface area contributed by atoms with Crippen molar-refractivity contribution in [1.29, 1.82) is 0 Å². The molecule has 0 unspecified atom stereocenters. The van der Waals surface area contributed by atoms with Gasteiger partial charge in [-0.1, -0.05) is 98.8 Å². The molecule has 3 rings (SSSR count). The highest BCUT2D eigenvalue weighted by atomic mass is 15.2. The molecule has 3 aromatic rings. The molecule has 0 heterocycles. The molecule has 0 bridgehead atoms. The first-order valence-corrected chi connectivity index (χ1v) is 12.0. The molecular formula is C30H40N2. The van der Waals surface area contributed by atoms with Crippen molar-refractivity contribution in [2.75, 3.05) is 20.6 Å². The van der Waals surface area contributed by atoms with E-state index in [0.29, 0.717) is 12.0 Å². The predicted molar refractivity (Wildman–Crippen MR) is 138 cm³/mol. The average molecular weight is 429 g/mol. The molecule has 0 N–H and O–H groups in total. The van der Waals surface area contributed by atoms with Gasteiger partial charge in [0, 0.05) is 25.7 Å². The molecule has 1 atom stereocenters. The van der Waals surface area contributed by atoms with Crippen LogP contribution in [0.1, 0.15) is 42.5 Å². The van der Waals surface area contributed by atoms with Gasteiger partial charge in [-0.15, -0.1) is 0 Å². The largest absolute Gasteiger partial charge is 0.308 e. The van der Waals surface area contributed by atoms with Crippen molar-refractivity contribution < 1.29 is 0 Å². The van der Waals surface area contributed by atoms with Crippen LogP contribution in [0.2, 0.25) is 0 Å². The molecule has 0 saturated carbocycles. The molecular weight excluding hydrogens is 388 g/mol. The van der Waals surface area contributed by atoms with E-state index in [0.717, 1.165) is 38.9 Å². The number of hydrogen-bond donors (Lipinski definition) is 0. The molecule has 0 aliphatic carbocycles. The van der Waals surface area contributed by atoms with Crippen LogP contribution in [0.15, 0.2) is 84.9 Å². The zero-order valence-corrected chi connectivity index (χ0v) is 20.4. The summed E-state index contributed by atoms with van der Waals surface area (Å²) in [5.41, 5.74) is 5.68. The van der Waals surface area contributed by atoms with E-state index in [2.05, 4.69) is 123 Å². The number of likely N-dealkylation sites (N-methyl/N-ethyl adjacent to an activating group) is 1. The smallest absolute Gasteiger partial charge is 0.0240 e. The molecule has 3 aromatic carbocycles. The first kappa shape index (κ1) is 24.2. The summed E-state index contributed by atoms with van der Waals surface area (Å²) in [4.78, 5) is 5.02. The lowest BCUT2D eigenvalue weighted by molar-refractivity contribution is 0.138. The zero-order chi connectivity index (χ0) is 22.8. The van der Waals surface area contributed by atoms with E-state index in [1.54, 1.807) is 0 Å². The molecule has 2 nitrogen and oxygen atoms in total. The molecule has 2 heteroatoms. The lowest BCUT2D eigenvalue weighted by Gasteiger charge is -2.34. The Hall–Kier alpha value is -2.42. The Morgan fingerprint density at radius 1 is 0.656 bits per heavy atom. The normalized spacial score (nSPS) is 12.6. The van der Waals surface area contributed by atoms with Crippen LogP contribution in [0, 0.1) is 5.92 Å². The van der Waals surface area contributed by atoms with Crippen LogP contribution in [0.4, 0.5) is 0 Å². The minimum atomic E-state index is 0.485. The molecule has 0 fully saturated rings. The summed E-state index contributed by atoms with van der Waals surface area (Å²) >= 11 is 0. The van der Waals surface area contributed by atoms with Gasteiger partial charge < -0.3 is 4.90 Å². The topological polar surface area (TPSA) is 6.48 Å². The van der Waals surface area contributed by atoms with E-state index in [1.165, 1.54) is 22.3 Å². The highest BCUT2D eigenvalue weighted by Gasteiger charge is 2.20. The molecule has 0 saturated heterocycles. The maximum atomic E-state index is 2.69. The zero-order valence-electron chi connectivity index (χ0n) is 20.4. The first-order chi connectivity index (χ1) is 15.5. The van der Waals surface area contributed by atoms with Gasteiger partial charge in [-0.25, -0.2) is 0 Å². The third-order valence-corrected chi connectivity index (χ3v) is 5.95. The summed E-state index contributed by atoms with van der Waals surface area (Å²) in [6.45, 7) is 7.61. The summed E-state index contributed by atoms with van der Waals surface area (Å²) in [5, 5.41) is 0. The van der Waals surface area contributed by atoms with Crippen molar-refractivity contribution in [3.05, 3.63) is 107 Å². The van der Waals surface area contributed by atoms with Crippen LogP contribution in [0.5, 0.6) is 0 Å². The van der Waals surface area contributed by atoms with Crippen molar-refractivity contribution >= 4 is 0 Å².